The van der Waals surface area contributed by atoms with Crippen molar-refractivity contribution in [2.45, 2.75) is 18.5 Å². The molecule has 31 heavy (non-hydrogen) atoms. The fourth-order valence-electron chi connectivity index (χ4n) is 3.15. The lowest BCUT2D eigenvalue weighted by Gasteiger charge is -2.17. The van der Waals surface area contributed by atoms with Crippen molar-refractivity contribution in [3.8, 4) is 16.9 Å². The molecule has 0 bridgehead atoms. The minimum atomic E-state index is -4.48. The number of hydrogen-bond donors (Lipinski definition) is 1. The van der Waals surface area contributed by atoms with E-state index in [4.69, 9.17) is 14.7 Å². The first-order valence-corrected chi connectivity index (χ1v) is 10.1. The molecule has 9 heteroatoms. The molecule has 3 aromatic carbocycles. The predicted molar refractivity (Wildman–Crippen MR) is 117 cm³/mol. The molecule has 3 aromatic rings. The summed E-state index contributed by atoms with van der Waals surface area (Å²) in [6.07, 6.45) is -4.41. The monoisotopic (exact) mass is 564 g/mol. The van der Waals surface area contributed by atoms with Crippen molar-refractivity contribution in [2.75, 3.05) is 0 Å². The van der Waals surface area contributed by atoms with E-state index in [0.29, 0.717) is 22.3 Å². The lowest BCUT2D eigenvalue weighted by Crippen LogP contribution is -2.15. The molecule has 0 aliphatic carbocycles. The Hall–Kier alpha value is -2.33. The first-order valence-electron chi connectivity index (χ1n) is 8.87. The molecule has 1 atom stereocenters. The van der Waals surface area contributed by atoms with E-state index in [-0.39, 0.29) is 17.2 Å². The van der Waals surface area contributed by atoms with Gasteiger partial charge in [0, 0.05) is 5.56 Å². The van der Waals surface area contributed by atoms with Gasteiger partial charge in [0.25, 0.3) is 0 Å². The van der Waals surface area contributed by atoms with E-state index in [1.807, 2.05) is 0 Å². The molecule has 0 aromatic heterocycles. The minimum Gasteiger partial charge on any atom is -0.481 e. The van der Waals surface area contributed by atoms with Gasteiger partial charge >= 0.3 is 12.1 Å². The first kappa shape index (κ1) is 23.3. The van der Waals surface area contributed by atoms with Gasteiger partial charge in [0.05, 0.1) is 16.5 Å². The van der Waals surface area contributed by atoms with Crippen molar-refractivity contribution >= 4 is 40.6 Å². The fourth-order valence-corrected chi connectivity index (χ4v) is 4.02. The van der Waals surface area contributed by atoms with E-state index < -0.39 is 29.4 Å². The topological polar surface area (TPSA) is 46.5 Å². The molecule has 0 heterocycles. The van der Waals surface area contributed by atoms with Crippen LogP contribution < -0.4 is 3.07 Å². The maximum absolute atomic E-state index is 13.2. The maximum atomic E-state index is 13.2. The molecule has 0 saturated carbocycles. The molecule has 0 aliphatic heterocycles. The Bertz CT molecular complexity index is 1080. The van der Waals surface area contributed by atoms with Gasteiger partial charge in [-0.1, -0.05) is 35.9 Å². The van der Waals surface area contributed by atoms with E-state index in [2.05, 4.69) is 0 Å². The SMILES string of the molecule is O=C(O)C(Cc1ccc(F)cc1)c1cc(Cl)c(OI)c(-c2ccc(C(F)(F)F)cc2)c1. The summed E-state index contributed by atoms with van der Waals surface area (Å²) in [6, 6.07) is 12.8. The number of hydrogen-bond acceptors (Lipinski definition) is 2. The summed E-state index contributed by atoms with van der Waals surface area (Å²) in [6.45, 7) is 0. The van der Waals surface area contributed by atoms with Crippen LogP contribution >= 0.6 is 34.6 Å². The maximum Gasteiger partial charge on any atom is 0.416 e. The lowest BCUT2D eigenvalue weighted by atomic mass is 9.89. The molecule has 162 valence electrons. The molecule has 3 nitrogen and oxygen atoms in total. The Morgan fingerprint density at radius 1 is 1.06 bits per heavy atom. The highest BCUT2D eigenvalue weighted by molar-refractivity contribution is 14.1. The van der Waals surface area contributed by atoms with Crippen LogP contribution in [0.4, 0.5) is 17.6 Å². The Balaban J connectivity index is 2.06. The van der Waals surface area contributed by atoms with Crippen molar-refractivity contribution < 1.29 is 30.5 Å². The Morgan fingerprint density at radius 2 is 1.68 bits per heavy atom. The Labute approximate surface area is 194 Å². The van der Waals surface area contributed by atoms with Gasteiger partial charge in [-0.2, -0.15) is 13.2 Å². The number of halogens is 6. The molecule has 0 amide bonds. The van der Waals surface area contributed by atoms with Crippen LogP contribution in [-0.4, -0.2) is 11.1 Å². The van der Waals surface area contributed by atoms with Crippen molar-refractivity contribution in [3.63, 3.8) is 0 Å². The van der Waals surface area contributed by atoms with Gasteiger partial charge in [0.1, 0.15) is 5.82 Å². The summed E-state index contributed by atoms with van der Waals surface area (Å²) < 4.78 is 57.1. The second-order valence-electron chi connectivity index (χ2n) is 6.75. The summed E-state index contributed by atoms with van der Waals surface area (Å²) in [4.78, 5) is 12.0. The highest BCUT2D eigenvalue weighted by Gasteiger charge is 2.30. The number of alkyl halides is 3. The second kappa shape index (κ2) is 9.44. The van der Waals surface area contributed by atoms with E-state index in [9.17, 15) is 27.5 Å². The zero-order chi connectivity index (χ0) is 22.8. The average Bonchev–Trinajstić information content (AvgIpc) is 2.72. The van der Waals surface area contributed by atoms with Crippen LogP contribution in [0.15, 0.2) is 60.7 Å². The van der Waals surface area contributed by atoms with E-state index >= 15 is 0 Å². The quantitative estimate of drug-likeness (QED) is 0.252. The van der Waals surface area contributed by atoms with E-state index in [0.717, 1.165) is 12.1 Å². The van der Waals surface area contributed by atoms with Crippen molar-refractivity contribution in [1.29, 1.82) is 0 Å². The van der Waals surface area contributed by atoms with Crippen molar-refractivity contribution in [1.82, 2.24) is 0 Å². The molecule has 0 saturated heterocycles. The van der Waals surface area contributed by atoms with Gasteiger partial charge in [-0.05, 0) is 59.5 Å². The van der Waals surface area contributed by atoms with Crippen LogP contribution in [0.25, 0.3) is 11.1 Å². The van der Waals surface area contributed by atoms with Crippen LogP contribution in [0.1, 0.15) is 22.6 Å². The normalized spacial score (nSPS) is 12.5. The van der Waals surface area contributed by atoms with E-state index in [1.54, 1.807) is 23.0 Å². The summed E-state index contributed by atoms with van der Waals surface area (Å²) in [5, 5.41) is 9.89. The number of carboxylic acids is 1. The number of aliphatic carboxylic acids is 1. The summed E-state index contributed by atoms with van der Waals surface area (Å²) in [5.41, 5.74) is 0.879. The van der Waals surface area contributed by atoms with Gasteiger partial charge in [-0.3, -0.25) is 4.79 Å². The number of carboxylic acid groups (broad SMARTS) is 1. The largest absolute Gasteiger partial charge is 0.481 e. The number of carbonyl (C=O) groups is 1. The van der Waals surface area contributed by atoms with Crippen LogP contribution in [0.2, 0.25) is 5.02 Å². The standard InChI is InChI=1S/C22H14ClF4IO3/c23-19-11-14(18(21(29)30)9-12-1-7-16(24)8-2-12)10-17(20(19)31-28)13-3-5-15(6-4-13)22(25,26)27/h1-8,10-11,18H,9H2,(H,29,30). The number of benzene rings is 3. The lowest BCUT2D eigenvalue weighted by molar-refractivity contribution is -0.139. The van der Waals surface area contributed by atoms with Gasteiger partial charge in [-0.25, -0.2) is 4.39 Å². The van der Waals surface area contributed by atoms with Crippen LogP contribution in [0.3, 0.4) is 0 Å². The second-order valence-corrected chi connectivity index (χ2v) is 7.60. The fraction of sp³-hybridized carbons (Fsp3) is 0.136. The van der Waals surface area contributed by atoms with Crippen molar-refractivity contribution in [2.24, 2.45) is 0 Å². The zero-order valence-electron chi connectivity index (χ0n) is 15.6. The number of rotatable bonds is 6. The highest BCUT2D eigenvalue weighted by Crippen LogP contribution is 2.41. The molecule has 1 N–H and O–H groups in total. The first-order chi connectivity index (χ1) is 14.6. The minimum absolute atomic E-state index is 0.0723. The third-order valence-corrected chi connectivity index (χ3v) is 5.44. The predicted octanol–water partition coefficient (Wildman–Crippen LogP) is 7.30. The molecule has 1 unspecified atom stereocenters. The van der Waals surface area contributed by atoms with Gasteiger partial charge < -0.3 is 8.17 Å². The van der Waals surface area contributed by atoms with Crippen LogP contribution in [0.5, 0.6) is 5.75 Å². The van der Waals surface area contributed by atoms with E-state index in [1.165, 1.54) is 48.5 Å². The van der Waals surface area contributed by atoms with Gasteiger partial charge in [0.2, 0.25) is 0 Å². The smallest absolute Gasteiger partial charge is 0.416 e. The van der Waals surface area contributed by atoms with Gasteiger partial charge in [0.15, 0.2) is 28.8 Å². The van der Waals surface area contributed by atoms with Crippen LogP contribution in [-0.2, 0) is 17.4 Å². The molecule has 0 spiro atoms. The average molecular weight is 565 g/mol. The Kier molecular flexibility index (Phi) is 7.10. The van der Waals surface area contributed by atoms with Crippen LogP contribution in [0, 0.1) is 5.82 Å². The van der Waals surface area contributed by atoms with Gasteiger partial charge in [-0.15, -0.1) is 0 Å². The third-order valence-electron chi connectivity index (χ3n) is 4.72. The molecule has 0 fully saturated rings. The molecular weight excluding hydrogens is 551 g/mol. The third kappa shape index (κ3) is 5.48. The Morgan fingerprint density at radius 3 is 2.19 bits per heavy atom. The molecule has 3 rings (SSSR count). The van der Waals surface area contributed by atoms with Crippen molar-refractivity contribution in [3.05, 3.63) is 88.2 Å². The highest BCUT2D eigenvalue weighted by atomic mass is 127. The zero-order valence-corrected chi connectivity index (χ0v) is 18.5. The summed E-state index contributed by atoms with van der Waals surface area (Å²) in [5.74, 6) is -2.37. The molecule has 0 radical (unpaired) electrons. The summed E-state index contributed by atoms with van der Waals surface area (Å²) in [7, 11) is 0. The summed E-state index contributed by atoms with van der Waals surface area (Å²) >= 11 is 7.91. The molecular formula is C22H14ClF4IO3. The molecule has 0 aliphatic rings.